The van der Waals surface area contributed by atoms with Crippen LogP contribution in [0.1, 0.15) is 11.1 Å². The van der Waals surface area contributed by atoms with E-state index in [0.717, 1.165) is 55.4 Å². The highest BCUT2D eigenvalue weighted by Crippen LogP contribution is 2.36. The van der Waals surface area contributed by atoms with Crippen molar-refractivity contribution in [3.05, 3.63) is 72.3 Å². The minimum Gasteiger partial charge on any atom is -0.491 e. The number of H-pyrrole nitrogens is 4. The number of nitrogens with one attached hydrogen (secondary N) is 4. The van der Waals surface area contributed by atoms with Gasteiger partial charge < -0.3 is 38.9 Å². The fraction of sp³-hybridized carbons (Fsp3) is 0.118. The summed E-state index contributed by atoms with van der Waals surface area (Å²) in [6, 6.07) is 15.2. The van der Waals surface area contributed by atoms with Crippen molar-refractivity contribution in [2.45, 2.75) is 0 Å². The molecule has 0 spiro atoms. The van der Waals surface area contributed by atoms with Gasteiger partial charge in [0.05, 0.1) is 74.1 Å². The molecule has 0 radical (unpaired) electrons. The van der Waals surface area contributed by atoms with E-state index in [9.17, 15) is 10.5 Å². The number of rotatable bonds is 6. The van der Waals surface area contributed by atoms with Crippen molar-refractivity contribution in [2.24, 2.45) is 0 Å². The SMILES string of the molecule is COc1cc2[nH]cc(-c3cc4c(C#N)ccnc4[nH]3)c2nc1OC.COc1cc2[nH]cc(-c3cc4c(C#N)ccnc4[nH]3)c2nc1OC. The van der Waals surface area contributed by atoms with Crippen LogP contribution in [0.15, 0.2) is 61.2 Å². The van der Waals surface area contributed by atoms with Gasteiger partial charge in [-0.3, -0.25) is 0 Å². The molecule has 0 fully saturated rings. The van der Waals surface area contributed by atoms with Crippen LogP contribution in [0.2, 0.25) is 0 Å². The van der Waals surface area contributed by atoms with Crippen LogP contribution < -0.4 is 18.9 Å². The van der Waals surface area contributed by atoms with Crippen LogP contribution in [-0.4, -0.2) is 68.3 Å². The first-order valence-electron chi connectivity index (χ1n) is 14.5. The molecular formula is C34H26N10O4. The van der Waals surface area contributed by atoms with Gasteiger partial charge in [-0.15, -0.1) is 0 Å². The van der Waals surface area contributed by atoms with Gasteiger partial charge in [0.2, 0.25) is 0 Å². The van der Waals surface area contributed by atoms with Crippen LogP contribution in [0.25, 0.3) is 66.6 Å². The van der Waals surface area contributed by atoms with Gasteiger partial charge in [0, 0.05) is 58.8 Å². The fourth-order valence-corrected chi connectivity index (χ4v) is 5.56. The molecule has 0 amide bonds. The number of nitriles is 2. The summed E-state index contributed by atoms with van der Waals surface area (Å²) < 4.78 is 21.1. The zero-order chi connectivity index (χ0) is 33.4. The first-order chi connectivity index (χ1) is 23.5. The molecule has 0 bridgehead atoms. The molecule has 0 unspecified atom stereocenters. The lowest BCUT2D eigenvalue weighted by Gasteiger charge is -2.06. The molecule has 0 aromatic carbocycles. The predicted octanol–water partition coefficient (Wildman–Crippen LogP) is 5.99. The van der Waals surface area contributed by atoms with Gasteiger partial charge >= 0.3 is 0 Å². The molecule has 0 saturated heterocycles. The van der Waals surface area contributed by atoms with Crippen molar-refractivity contribution >= 4 is 44.1 Å². The molecule has 4 N–H and O–H groups in total. The maximum atomic E-state index is 9.23. The van der Waals surface area contributed by atoms with E-state index in [0.29, 0.717) is 45.7 Å². The molecule has 8 aromatic rings. The Hall–Kier alpha value is -7.06. The summed E-state index contributed by atoms with van der Waals surface area (Å²) in [5.74, 6) is 1.95. The maximum Gasteiger partial charge on any atom is 0.257 e. The minimum absolute atomic E-state index is 0.415. The summed E-state index contributed by atoms with van der Waals surface area (Å²) in [6.07, 6.45) is 6.94. The Balaban J connectivity index is 0.000000152. The number of aromatic nitrogens is 8. The monoisotopic (exact) mass is 638 g/mol. The maximum absolute atomic E-state index is 9.23. The van der Waals surface area contributed by atoms with Crippen molar-refractivity contribution in [3.8, 4) is 57.9 Å². The van der Waals surface area contributed by atoms with Crippen LogP contribution in [0, 0.1) is 22.7 Å². The number of methoxy groups -OCH3 is 4. The number of pyridine rings is 4. The number of hydrogen-bond acceptors (Lipinski definition) is 10. The average molecular weight is 639 g/mol. The average Bonchev–Trinajstić information content (AvgIpc) is 3.93. The van der Waals surface area contributed by atoms with Crippen molar-refractivity contribution < 1.29 is 18.9 Å². The second kappa shape index (κ2) is 12.0. The minimum atomic E-state index is 0.415. The molecular weight excluding hydrogens is 612 g/mol. The third kappa shape index (κ3) is 4.90. The summed E-state index contributed by atoms with van der Waals surface area (Å²) in [4.78, 5) is 30.5. The zero-order valence-corrected chi connectivity index (χ0v) is 26.1. The molecule has 14 heteroatoms. The molecule has 0 atom stereocenters. The van der Waals surface area contributed by atoms with Gasteiger partial charge in [0.1, 0.15) is 22.3 Å². The van der Waals surface area contributed by atoms with Gasteiger partial charge in [-0.05, 0) is 24.3 Å². The summed E-state index contributed by atoms with van der Waals surface area (Å²) in [7, 11) is 6.24. The van der Waals surface area contributed by atoms with Gasteiger partial charge in [-0.1, -0.05) is 0 Å². The lowest BCUT2D eigenvalue weighted by Crippen LogP contribution is -1.93. The Labute approximate surface area is 271 Å². The zero-order valence-electron chi connectivity index (χ0n) is 26.1. The highest BCUT2D eigenvalue weighted by Gasteiger charge is 2.18. The Kier molecular flexibility index (Phi) is 7.43. The number of aromatic amines is 4. The smallest absolute Gasteiger partial charge is 0.257 e. The fourth-order valence-electron chi connectivity index (χ4n) is 5.56. The van der Waals surface area contributed by atoms with Gasteiger partial charge in [0.25, 0.3) is 11.8 Å². The van der Waals surface area contributed by atoms with E-state index in [2.05, 4.69) is 52.0 Å². The van der Waals surface area contributed by atoms with Gasteiger partial charge in [-0.2, -0.15) is 10.5 Å². The van der Waals surface area contributed by atoms with Crippen LogP contribution in [0.4, 0.5) is 0 Å². The Morgan fingerprint density at radius 2 is 1.04 bits per heavy atom. The van der Waals surface area contributed by atoms with E-state index in [1.54, 1.807) is 53.0 Å². The Morgan fingerprint density at radius 1 is 0.604 bits per heavy atom. The number of hydrogen-bond donors (Lipinski definition) is 4. The molecule has 0 aliphatic carbocycles. The summed E-state index contributed by atoms with van der Waals surface area (Å²) in [6.45, 7) is 0. The molecule has 8 heterocycles. The first kappa shape index (κ1) is 29.6. The highest BCUT2D eigenvalue weighted by molar-refractivity contribution is 5.98. The number of nitrogens with zero attached hydrogens (tertiary/aromatic N) is 6. The van der Waals surface area contributed by atoms with E-state index < -0.39 is 0 Å². The van der Waals surface area contributed by atoms with Crippen molar-refractivity contribution in [1.29, 1.82) is 10.5 Å². The second-order valence-corrected chi connectivity index (χ2v) is 10.4. The van der Waals surface area contributed by atoms with Crippen LogP contribution in [-0.2, 0) is 0 Å². The molecule has 8 rings (SSSR count). The van der Waals surface area contributed by atoms with Gasteiger partial charge in [-0.25, -0.2) is 19.9 Å². The van der Waals surface area contributed by atoms with Crippen LogP contribution in [0.5, 0.6) is 23.3 Å². The topological polar surface area (TPSA) is 199 Å². The lowest BCUT2D eigenvalue weighted by atomic mass is 10.1. The molecule has 0 saturated carbocycles. The van der Waals surface area contributed by atoms with Crippen molar-refractivity contribution in [3.63, 3.8) is 0 Å². The van der Waals surface area contributed by atoms with E-state index in [1.165, 1.54) is 0 Å². The number of fused-ring (bicyclic) bond motifs is 4. The standard InChI is InChI=1S/2C17H13N5O2/c2*1-23-14-6-13-15(22-17(14)24-2)11(8-20-13)12-5-10-9(7-18)3-4-19-16(10)21-12/h2*3-6,8,20H,1-2H3,(H,19,21). The predicted molar refractivity (Wildman–Crippen MR) is 178 cm³/mol. The largest absolute Gasteiger partial charge is 0.491 e. The summed E-state index contributed by atoms with van der Waals surface area (Å²) >= 11 is 0. The van der Waals surface area contributed by atoms with Crippen LogP contribution >= 0.6 is 0 Å². The molecule has 8 aromatic heterocycles. The third-order valence-electron chi connectivity index (χ3n) is 7.88. The molecule has 0 aliphatic heterocycles. The summed E-state index contributed by atoms with van der Waals surface area (Å²) in [5, 5.41) is 20.0. The quantitative estimate of drug-likeness (QED) is 0.168. The number of ether oxygens (including phenoxy) is 4. The van der Waals surface area contributed by atoms with Crippen molar-refractivity contribution in [1.82, 2.24) is 39.9 Å². The second-order valence-electron chi connectivity index (χ2n) is 10.4. The van der Waals surface area contributed by atoms with E-state index in [-0.39, 0.29) is 0 Å². The normalized spacial score (nSPS) is 10.9. The lowest BCUT2D eigenvalue weighted by molar-refractivity contribution is 0.344. The van der Waals surface area contributed by atoms with Gasteiger partial charge in [0.15, 0.2) is 11.5 Å². The van der Waals surface area contributed by atoms with E-state index in [1.807, 2.05) is 36.7 Å². The van der Waals surface area contributed by atoms with Crippen molar-refractivity contribution in [2.75, 3.05) is 28.4 Å². The van der Waals surface area contributed by atoms with E-state index >= 15 is 0 Å². The summed E-state index contributed by atoms with van der Waals surface area (Å²) in [5.41, 5.74) is 9.03. The van der Waals surface area contributed by atoms with E-state index in [4.69, 9.17) is 18.9 Å². The Bertz CT molecular complexity index is 2390. The molecule has 48 heavy (non-hydrogen) atoms. The third-order valence-corrected chi connectivity index (χ3v) is 7.88. The molecule has 0 aliphatic rings. The molecule has 236 valence electrons. The Morgan fingerprint density at radius 3 is 1.42 bits per heavy atom. The molecule has 14 nitrogen and oxygen atoms in total. The first-order valence-corrected chi connectivity index (χ1v) is 14.5. The highest BCUT2D eigenvalue weighted by atomic mass is 16.5. The van der Waals surface area contributed by atoms with Crippen LogP contribution in [0.3, 0.4) is 0 Å².